The third kappa shape index (κ3) is 16.3. The maximum absolute atomic E-state index is 15.4. The van der Waals surface area contributed by atoms with Crippen molar-refractivity contribution >= 4 is 115 Å². The molecule has 6 heterocycles. The minimum atomic E-state index is -1.49. The highest BCUT2D eigenvalue weighted by Crippen LogP contribution is 2.44. The minimum Gasteiger partial charge on any atom is -0.396 e. The van der Waals surface area contributed by atoms with Crippen LogP contribution in [0.1, 0.15) is 107 Å². The van der Waals surface area contributed by atoms with Crippen LogP contribution < -0.4 is 31.7 Å². The molecule has 2 aromatic carbocycles. The van der Waals surface area contributed by atoms with Gasteiger partial charge >= 0.3 is 12.1 Å². The van der Waals surface area contributed by atoms with E-state index in [2.05, 4.69) is 36.0 Å². The maximum Gasteiger partial charge on any atom is 0.323 e. The summed E-state index contributed by atoms with van der Waals surface area (Å²) in [5.74, 6) is -1.72. The normalized spacial score (nSPS) is 20.2. The predicted molar refractivity (Wildman–Crippen MR) is 335 cm³/mol. The summed E-state index contributed by atoms with van der Waals surface area (Å²) in [7, 11) is -1.49. The lowest BCUT2D eigenvalue weighted by atomic mass is 9.79. The average Bonchev–Trinajstić information content (AvgIpc) is 3.55. The van der Waals surface area contributed by atoms with E-state index < -0.39 is 74.4 Å². The minimum absolute atomic E-state index is 0. The molecule has 25 heteroatoms. The van der Waals surface area contributed by atoms with Crippen molar-refractivity contribution in [2.45, 2.75) is 113 Å². The number of pyridine rings is 2. The number of thiophene rings is 2. The molecule has 2 saturated heterocycles. The Bertz CT molecular complexity index is 3320. The molecule has 4 aliphatic rings. The molecule has 4 fully saturated rings. The van der Waals surface area contributed by atoms with Crippen molar-refractivity contribution < 1.29 is 42.4 Å². The third-order valence-electron chi connectivity index (χ3n) is 15.9. The zero-order chi connectivity index (χ0) is 59.9. The van der Waals surface area contributed by atoms with Crippen LogP contribution >= 0.6 is 58.3 Å². The number of nitrogens with zero attached hydrogens (tertiary/aromatic N) is 4. The molecule has 0 spiro atoms. The van der Waals surface area contributed by atoms with Crippen LogP contribution in [-0.2, 0) is 31.7 Å². The van der Waals surface area contributed by atoms with Crippen molar-refractivity contribution in [1.82, 2.24) is 24.5 Å². The van der Waals surface area contributed by atoms with Crippen molar-refractivity contribution in [2.24, 2.45) is 29.4 Å². The zero-order valence-electron chi connectivity index (χ0n) is 47.2. The molecule has 7 atom stereocenters. The summed E-state index contributed by atoms with van der Waals surface area (Å²) in [6.07, 6.45) is 14.9. The lowest BCUT2D eigenvalue weighted by Crippen LogP contribution is -2.49. The van der Waals surface area contributed by atoms with Gasteiger partial charge in [0.2, 0.25) is 11.8 Å². The molecular formula is C60H71Cl3F2N10O7S3. The van der Waals surface area contributed by atoms with Crippen molar-refractivity contribution in [3.8, 4) is 0 Å². The molecule has 10 rings (SSSR count). The molecular weight excluding hydrogens is 1210 g/mol. The van der Waals surface area contributed by atoms with Gasteiger partial charge in [-0.3, -0.25) is 30.2 Å². The highest BCUT2D eigenvalue weighted by atomic mass is 35.5. The van der Waals surface area contributed by atoms with Crippen LogP contribution in [0.25, 0.3) is 0 Å². The second kappa shape index (κ2) is 28.4. The standard InChI is InChI=1S/C32H39ClFN5O4S2.C28H31ClFN5O3S.ClH/c1-31(2,3)45(43)38-32(13-10-20-4-5-20,22-11-14-35-15-12-22)23-6-7-24(34)25(17-23)36-29(41)26-16-21(19-40)18-39(26)30(42)37-28-9-8-27(33)44-28;29-24-5-6-25(39-24)34-27(38)35-15-18(16-36)13-23(35)26(37)33-22-14-20(3-4-21(22)30)28(31,10-7-17-1-2-17)19-8-11-32-12-9-19;/h6-9,11-12,14-15,17,20-21,26,38,40H,4-5,10,13,16,18-19H2,1-3H3,(H,36,41)(H,37,42);3-6,8-9,11-12,14,17-18,23,36H,1-2,7,10,13,15-16,31H2,(H,33,37)(H,34,38);1H/t21-,26-,32?,45-;18-,23-,28?;/m11./s1. The van der Waals surface area contributed by atoms with Gasteiger partial charge in [-0.25, -0.2) is 27.3 Å². The number of nitrogens with one attached hydrogen (secondary N) is 5. The summed E-state index contributed by atoms with van der Waals surface area (Å²) in [6, 6.07) is 20.4. The van der Waals surface area contributed by atoms with E-state index in [1.807, 2.05) is 45.0 Å². The Morgan fingerprint density at radius 2 is 1.06 bits per heavy atom. The van der Waals surface area contributed by atoms with E-state index in [0.29, 0.717) is 54.5 Å². The van der Waals surface area contributed by atoms with Crippen molar-refractivity contribution in [3.05, 3.63) is 152 Å². The fraction of sp³-hybridized carbons (Fsp3) is 0.433. The Kier molecular flexibility index (Phi) is 21.9. The number of aliphatic hydroxyl groups excluding tert-OH is 2. The number of anilines is 4. The zero-order valence-corrected chi connectivity index (χ0v) is 52.0. The Morgan fingerprint density at radius 1 is 0.624 bits per heavy atom. The van der Waals surface area contributed by atoms with Gasteiger partial charge < -0.3 is 36.4 Å². The molecule has 4 aromatic heterocycles. The van der Waals surface area contributed by atoms with E-state index in [4.69, 9.17) is 28.9 Å². The van der Waals surface area contributed by atoms with Crippen LogP contribution in [0.3, 0.4) is 0 Å². The first-order valence-corrected chi connectivity index (χ1v) is 31.6. The number of hydrogen-bond acceptors (Lipinski definition) is 12. The number of carbonyl (C=O) groups excluding carboxylic acids is 4. The van der Waals surface area contributed by atoms with Gasteiger partial charge in [0.05, 0.1) is 56.9 Å². The molecule has 0 bridgehead atoms. The number of carbonyl (C=O) groups is 4. The smallest absolute Gasteiger partial charge is 0.323 e. The van der Waals surface area contributed by atoms with Gasteiger partial charge in [0.15, 0.2) is 0 Å². The number of urea groups is 2. The quantitative estimate of drug-likeness (QED) is 0.0359. The van der Waals surface area contributed by atoms with Crippen LogP contribution in [0.5, 0.6) is 0 Å². The third-order valence-corrected chi connectivity index (χ3v) is 19.9. The van der Waals surface area contributed by atoms with E-state index in [1.54, 1.807) is 73.3 Å². The van der Waals surface area contributed by atoms with Gasteiger partial charge in [-0.2, -0.15) is 0 Å². The van der Waals surface area contributed by atoms with Gasteiger partial charge in [-0.15, -0.1) is 35.1 Å². The first kappa shape index (κ1) is 65.3. The largest absolute Gasteiger partial charge is 0.396 e. The summed E-state index contributed by atoms with van der Waals surface area (Å²) in [5, 5.41) is 31.6. The maximum atomic E-state index is 15.4. The SMILES string of the molecule is CC(C)(C)[S@@](=O)NC(CCC1CC1)(c1ccncc1)c1ccc(F)c(NC(=O)[C@H]2C[C@@H](CO)CN2C(=O)Nc2ccc(Cl)s2)c1.Cl.NC(CCC1CC1)(c1ccncc1)c1ccc(F)c(NC(=O)[C@H]2C[C@@H](CO)CN2C(=O)Nc2ccc(Cl)s2)c1. The number of aromatic nitrogens is 2. The fourth-order valence-electron chi connectivity index (χ4n) is 10.7. The van der Waals surface area contributed by atoms with Crippen LogP contribution in [0.2, 0.25) is 8.67 Å². The van der Waals surface area contributed by atoms with Crippen molar-refractivity contribution in [3.63, 3.8) is 0 Å². The second-order valence-corrected chi connectivity index (χ2v) is 28.5. The number of rotatable bonds is 20. The van der Waals surface area contributed by atoms with Gasteiger partial charge in [0, 0.05) is 62.9 Å². The molecule has 17 nitrogen and oxygen atoms in total. The van der Waals surface area contributed by atoms with E-state index >= 15 is 8.78 Å². The molecule has 0 radical (unpaired) electrons. The molecule has 456 valence electrons. The van der Waals surface area contributed by atoms with Crippen LogP contribution in [0, 0.1) is 35.3 Å². The van der Waals surface area contributed by atoms with E-state index in [-0.39, 0.29) is 74.8 Å². The average molecular weight is 1280 g/mol. The van der Waals surface area contributed by atoms with Crippen molar-refractivity contribution in [2.75, 3.05) is 47.6 Å². The van der Waals surface area contributed by atoms with E-state index in [0.717, 1.165) is 36.8 Å². The molecule has 85 heavy (non-hydrogen) atoms. The number of hydrogen-bond donors (Lipinski definition) is 8. The van der Waals surface area contributed by atoms with Gasteiger partial charge in [0.1, 0.15) is 23.7 Å². The highest BCUT2D eigenvalue weighted by molar-refractivity contribution is 7.84. The van der Waals surface area contributed by atoms with Crippen molar-refractivity contribution in [1.29, 1.82) is 0 Å². The molecule has 6 aromatic rings. The van der Waals surface area contributed by atoms with Crippen LogP contribution in [0.4, 0.5) is 39.7 Å². The van der Waals surface area contributed by atoms with Gasteiger partial charge in [0.25, 0.3) is 0 Å². The molecule has 2 aliphatic heterocycles. The van der Waals surface area contributed by atoms with E-state index in [9.17, 15) is 33.6 Å². The summed E-state index contributed by atoms with van der Waals surface area (Å²) in [4.78, 5) is 64.3. The molecule has 9 N–H and O–H groups in total. The molecule has 2 saturated carbocycles. The first-order chi connectivity index (χ1) is 40.2. The first-order valence-electron chi connectivity index (χ1n) is 28.0. The Labute approximate surface area is 520 Å². The monoisotopic (exact) mass is 1280 g/mol. The van der Waals surface area contributed by atoms with Crippen LogP contribution in [0.15, 0.2) is 110 Å². The second-order valence-electron chi connectivity index (χ2n) is 23.1. The lowest BCUT2D eigenvalue weighted by Gasteiger charge is -2.38. The number of nitrogens with two attached hydrogens (primary N) is 1. The van der Waals surface area contributed by atoms with Crippen LogP contribution in [-0.4, -0.2) is 101 Å². The number of likely N-dealkylation sites (tertiary alicyclic amines) is 2. The van der Waals surface area contributed by atoms with E-state index in [1.165, 1.54) is 57.4 Å². The highest BCUT2D eigenvalue weighted by Gasteiger charge is 2.44. The van der Waals surface area contributed by atoms with Gasteiger partial charge in [-0.05, 0) is 166 Å². The Balaban J connectivity index is 0.000000221. The number of halogens is 5. The topological polar surface area (TPSA) is 244 Å². The predicted octanol–water partition coefficient (Wildman–Crippen LogP) is 11.9. The Morgan fingerprint density at radius 3 is 1.48 bits per heavy atom. The summed E-state index contributed by atoms with van der Waals surface area (Å²) < 4.78 is 47.9. The summed E-state index contributed by atoms with van der Waals surface area (Å²) in [5.41, 5.74) is 8.11. The summed E-state index contributed by atoms with van der Waals surface area (Å²) >= 11 is 14.4. The lowest BCUT2D eigenvalue weighted by molar-refractivity contribution is -0.120. The molecule has 6 amide bonds. The van der Waals surface area contributed by atoms with Gasteiger partial charge in [-0.1, -0.05) is 61.0 Å². The molecule has 2 aliphatic carbocycles. The number of benzene rings is 2. The fourth-order valence-corrected chi connectivity index (χ4v) is 13.6. The molecule has 2 unspecified atom stereocenters. The number of aliphatic hydroxyl groups is 2. The Hall–Kier alpha value is -5.66. The number of amides is 6. The summed E-state index contributed by atoms with van der Waals surface area (Å²) in [6.45, 7) is 5.65.